The maximum Gasteiger partial charge on any atom is 0.251 e. The number of hydrogen-bond acceptors (Lipinski definition) is 4. The van der Waals surface area contributed by atoms with Crippen molar-refractivity contribution in [3.63, 3.8) is 0 Å². The highest BCUT2D eigenvalue weighted by Gasteiger charge is 2.28. The van der Waals surface area contributed by atoms with Crippen molar-refractivity contribution in [1.82, 2.24) is 5.32 Å². The Bertz CT molecular complexity index is 863. The van der Waals surface area contributed by atoms with E-state index >= 15 is 0 Å². The van der Waals surface area contributed by atoms with E-state index in [1.54, 1.807) is 31.4 Å². The number of ether oxygens (including phenoxy) is 1. The van der Waals surface area contributed by atoms with E-state index in [1.165, 1.54) is 4.31 Å². The highest BCUT2D eigenvalue weighted by atomic mass is 32.2. The van der Waals surface area contributed by atoms with E-state index in [0.717, 1.165) is 11.3 Å². The molecule has 0 radical (unpaired) electrons. The average molecular weight is 360 g/mol. The molecule has 0 aliphatic carbocycles. The van der Waals surface area contributed by atoms with Crippen LogP contribution in [0.3, 0.4) is 0 Å². The first-order valence-electron chi connectivity index (χ1n) is 8.01. The second-order valence-corrected chi connectivity index (χ2v) is 7.84. The summed E-state index contributed by atoms with van der Waals surface area (Å²) in [7, 11) is -1.65. The SMILES string of the molecule is COc1ccc(CNC(=O)c2cccc(N3CCCS3(=O)=O)c2)cc1. The van der Waals surface area contributed by atoms with Gasteiger partial charge in [-0.25, -0.2) is 8.42 Å². The van der Waals surface area contributed by atoms with E-state index in [-0.39, 0.29) is 11.7 Å². The van der Waals surface area contributed by atoms with Gasteiger partial charge in [-0.2, -0.15) is 0 Å². The molecule has 2 aromatic carbocycles. The van der Waals surface area contributed by atoms with Crippen LogP contribution in [0.2, 0.25) is 0 Å². The van der Waals surface area contributed by atoms with Gasteiger partial charge in [0.05, 0.1) is 18.6 Å². The molecular weight excluding hydrogens is 340 g/mol. The number of sulfonamides is 1. The summed E-state index contributed by atoms with van der Waals surface area (Å²) in [6, 6.07) is 14.1. The molecule has 1 saturated heterocycles. The van der Waals surface area contributed by atoms with E-state index in [0.29, 0.717) is 30.8 Å². The molecule has 0 spiro atoms. The average Bonchev–Trinajstić information content (AvgIpc) is 2.99. The molecular formula is C18H20N2O4S. The Balaban J connectivity index is 1.69. The molecule has 1 heterocycles. The highest BCUT2D eigenvalue weighted by Crippen LogP contribution is 2.24. The standard InChI is InChI=1S/C18H20N2O4S/c1-24-17-8-6-14(7-9-17)13-19-18(21)15-4-2-5-16(12-15)20-10-3-11-25(20,22)23/h2,4-9,12H,3,10-11,13H2,1H3,(H,19,21). The number of amides is 1. The van der Waals surface area contributed by atoms with E-state index in [2.05, 4.69) is 5.32 Å². The lowest BCUT2D eigenvalue weighted by Gasteiger charge is -2.17. The molecule has 25 heavy (non-hydrogen) atoms. The van der Waals surface area contributed by atoms with Gasteiger partial charge in [0.15, 0.2) is 0 Å². The van der Waals surface area contributed by atoms with Gasteiger partial charge in [-0.05, 0) is 42.3 Å². The lowest BCUT2D eigenvalue weighted by atomic mass is 10.1. The van der Waals surface area contributed by atoms with Crippen LogP contribution in [-0.4, -0.2) is 33.7 Å². The monoisotopic (exact) mass is 360 g/mol. The lowest BCUT2D eigenvalue weighted by Crippen LogP contribution is -2.26. The van der Waals surface area contributed by atoms with Crippen LogP contribution in [0.5, 0.6) is 5.75 Å². The summed E-state index contributed by atoms with van der Waals surface area (Å²) in [6.45, 7) is 0.842. The Labute approximate surface area is 147 Å². The van der Waals surface area contributed by atoms with Crippen molar-refractivity contribution in [2.75, 3.05) is 23.7 Å². The fourth-order valence-corrected chi connectivity index (χ4v) is 4.32. The number of methoxy groups -OCH3 is 1. The van der Waals surface area contributed by atoms with Gasteiger partial charge < -0.3 is 10.1 Å². The van der Waals surface area contributed by atoms with E-state index in [1.807, 2.05) is 24.3 Å². The maximum atomic E-state index is 12.4. The zero-order valence-electron chi connectivity index (χ0n) is 13.9. The summed E-state index contributed by atoms with van der Waals surface area (Å²) in [6.07, 6.45) is 0.607. The van der Waals surface area contributed by atoms with E-state index in [9.17, 15) is 13.2 Å². The number of carbonyl (C=O) groups is 1. The third kappa shape index (κ3) is 3.93. The van der Waals surface area contributed by atoms with Crippen molar-refractivity contribution >= 4 is 21.6 Å². The number of nitrogens with one attached hydrogen (secondary N) is 1. The lowest BCUT2D eigenvalue weighted by molar-refractivity contribution is 0.0951. The molecule has 7 heteroatoms. The fraction of sp³-hybridized carbons (Fsp3) is 0.278. The van der Waals surface area contributed by atoms with Crippen molar-refractivity contribution < 1.29 is 17.9 Å². The highest BCUT2D eigenvalue weighted by molar-refractivity contribution is 7.93. The molecule has 1 aliphatic heterocycles. The van der Waals surface area contributed by atoms with Gasteiger partial charge in [0, 0.05) is 18.7 Å². The molecule has 3 rings (SSSR count). The molecule has 2 aromatic rings. The Morgan fingerprint density at radius 2 is 1.96 bits per heavy atom. The molecule has 1 aliphatic rings. The smallest absolute Gasteiger partial charge is 0.251 e. The molecule has 0 aromatic heterocycles. The van der Waals surface area contributed by atoms with Crippen LogP contribution in [-0.2, 0) is 16.6 Å². The first-order chi connectivity index (χ1) is 12.0. The topological polar surface area (TPSA) is 75.7 Å². The van der Waals surface area contributed by atoms with Gasteiger partial charge in [-0.15, -0.1) is 0 Å². The minimum absolute atomic E-state index is 0.154. The fourth-order valence-electron chi connectivity index (χ4n) is 2.76. The zero-order valence-corrected chi connectivity index (χ0v) is 14.8. The van der Waals surface area contributed by atoms with Crippen LogP contribution < -0.4 is 14.4 Å². The van der Waals surface area contributed by atoms with Gasteiger partial charge in [0.25, 0.3) is 5.91 Å². The van der Waals surface area contributed by atoms with Crippen LogP contribution in [0, 0.1) is 0 Å². The molecule has 1 N–H and O–H groups in total. The van der Waals surface area contributed by atoms with Crippen LogP contribution in [0.4, 0.5) is 5.69 Å². The Morgan fingerprint density at radius 3 is 2.60 bits per heavy atom. The van der Waals surface area contributed by atoms with E-state index < -0.39 is 10.0 Å². The minimum atomic E-state index is -3.25. The minimum Gasteiger partial charge on any atom is -0.497 e. The van der Waals surface area contributed by atoms with Crippen molar-refractivity contribution in [3.8, 4) is 5.75 Å². The molecule has 1 amide bonds. The number of anilines is 1. The summed E-state index contributed by atoms with van der Waals surface area (Å²) >= 11 is 0. The second-order valence-electron chi connectivity index (χ2n) is 5.82. The molecule has 132 valence electrons. The summed E-state index contributed by atoms with van der Waals surface area (Å²) in [5, 5.41) is 2.84. The molecule has 1 fully saturated rings. The summed E-state index contributed by atoms with van der Waals surface area (Å²) in [5.41, 5.74) is 1.93. The van der Waals surface area contributed by atoms with Gasteiger partial charge in [0.1, 0.15) is 5.75 Å². The Kier molecular flexibility index (Phi) is 4.94. The molecule has 0 saturated carbocycles. The normalized spacial score (nSPS) is 15.8. The molecule has 6 nitrogen and oxygen atoms in total. The number of carbonyl (C=O) groups excluding carboxylic acids is 1. The van der Waals surface area contributed by atoms with Gasteiger partial charge in [0.2, 0.25) is 10.0 Å². The Morgan fingerprint density at radius 1 is 1.20 bits per heavy atom. The largest absolute Gasteiger partial charge is 0.497 e. The van der Waals surface area contributed by atoms with Crippen molar-refractivity contribution in [2.45, 2.75) is 13.0 Å². The van der Waals surface area contributed by atoms with Crippen molar-refractivity contribution in [1.29, 1.82) is 0 Å². The third-order valence-electron chi connectivity index (χ3n) is 4.11. The summed E-state index contributed by atoms with van der Waals surface area (Å²) in [5.74, 6) is 0.671. The molecule has 0 bridgehead atoms. The van der Waals surface area contributed by atoms with Crippen molar-refractivity contribution in [2.24, 2.45) is 0 Å². The predicted molar refractivity (Wildman–Crippen MR) is 96.4 cm³/mol. The van der Waals surface area contributed by atoms with E-state index in [4.69, 9.17) is 4.74 Å². The van der Waals surface area contributed by atoms with Crippen LogP contribution in [0.25, 0.3) is 0 Å². The number of nitrogens with zero attached hydrogens (tertiary/aromatic N) is 1. The third-order valence-corrected chi connectivity index (χ3v) is 5.98. The maximum absolute atomic E-state index is 12.4. The van der Waals surface area contributed by atoms with Gasteiger partial charge in [-0.1, -0.05) is 18.2 Å². The first-order valence-corrected chi connectivity index (χ1v) is 9.62. The molecule has 0 atom stereocenters. The number of hydrogen-bond donors (Lipinski definition) is 1. The van der Waals surface area contributed by atoms with Gasteiger partial charge in [-0.3, -0.25) is 9.10 Å². The number of benzene rings is 2. The van der Waals surface area contributed by atoms with Crippen molar-refractivity contribution in [3.05, 3.63) is 59.7 Å². The number of rotatable bonds is 5. The zero-order chi connectivity index (χ0) is 17.9. The van der Waals surface area contributed by atoms with Crippen LogP contribution >= 0.6 is 0 Å². The van der Waals surface area contributed by atoms with Gasteiger partial charge >= 0.3 is 0 Å². The Hall–Kier alpha value is -2.54. The first kappa shape index (κ1) is 17.3. The van der Waals surface area contributed by atoms with Crippen LogP contribution in [0.1, 0.15) is 22.3 Å². The van der Waals surface area contributed by atoms with Crippen LogP contribution in [0.15, 0.2) is 48.5 Å². The second kappa shape index (κ2) is 7.14. The summed E-state index contributed by atoms with van der Waals surface area (Å²) in [4.78, 5) is 12.4. The molecule has 0 unspecified atom stereocenters. The summed E-state index contributed by atoms with van der Waals surface area (Å²) < 4.78 is 30.5. The quantitative estimate of drug-likeness (QED) is 0.887. The predicted octanol–water partition coefficient (Wildman–Crippen LogP) is 2.17.